The highest BCUT2D eigenvalue weighted by Gasteiger charge is 2.38. The Morgan fingerprint density at radius 1 is 0.717 bits per heavy atom. The van der Waals surface area contributed by atoms with Crippen LogP contribution in [0.2, 0.25) is 0 Å². The molecule has 3 unspecified atom stereocenters. The molecule has 0 bridgehead atoms. The zero-order chi connectivity index (χ0) is 39.0. The van der Waals surface area contributed by atoms with Crippen molar-refractivity contribution in [3.8, 4) is 0 Å². The molecule has 17 nitrogen and oxygen atoms in total. The number of amides is 7. The Hall–Kier alpha value is -3.10. The topological polar surface area (TPSA) is 216 Å². The number of nitrogens with zero attached hydrogens (tertiary/aromatic N) is 2. The highest BCUT2D eigenvalue weighted by molar-refractivity contribution is 8.00. The molecule has 53 heavy (non-hydrogen) atoms. The zero-order valence-corrected chi connectivity index (χ0v) is 32.4. The molecule has 2 heterocycles. The van der Waals surface area contributed by atoms with Crippen LogP contribution in [0.4, 0.5) is 0 Å². The minimum Gasteiger partial charge on any atom is -0.379 e. The van der Waals surface area contributed by atoms with Crippen LogP contribution in [-0.2, 0) is 57.3 Å². The predicted molar refractivity (Wildman–Crippen MR) is 197 cm³/mol. The Balaban J connectivity index is 1.67. The molecule has 0 saturated carbocycles. The summed E-state index contributed by atoms with van der Waals surface area (Å²) in [7, 11) is 1.57. The fourth-order valence-electron chi connectivity index (χ4n) is 5.34. The number of likely N-dealkylation sites (tertiary alicyclic amines) is 2. The van der Waals surface area contributed by atoms with Crippen molar-refractivity contribution in [2.45, 2.75) is 80.7 Å². The highest BCUT2D eigenvalue weighted by atomic mass is 32.2. The molecule has 300 valence electrons. The minimum atomic E-state index is -0.798. The van der Waals surface area contributed by atoms with Crippen molar-refractivity contribution in [1.82, 2.24) is 25.8 Å². The lowest BCUT2D eigenvalue weighted by Crippen LogP contribution is -2.43. The Morgan fingerprint density at radius 2 is 1.28 bits per heavy atom. The first-order valence-electron chi connectivity index (χ1n) is 18.0. The lowest BCUT2D eigenvalue weighted by Gasteiger charge is -2.19. The van der Waals surface area contributed by atoms with Crippen LogP contribution >= 0.6 is 24.4 Å². The molecular formula is C34H55N5O12S2. The van der Waals surface area contributed by atoms with E-state index < -0.39 is 28.4 Å². The van der Waals surface area contributed by atoms with Gasteiger partial charge in [-0.15, -0.1) is 0 Å². The van der Waals surface area contributed by atoms with Gasteiger partial charge in [-0.25, -0.2) is 0 Å². The summed E-state index contributed by atoms with van der Waals surface area (Å²) in [5.74, 6) is -2.43. The lowest BCUT2D eigenvalue weighted by molar-refractivity contribution is -0.140. The Labute approximate surface area is 320 Å². The van der Waals surface area contributed by atoms with E-state index in [0.29, 0.717) is 91.5 Å². The number of carbonyl (C=O) groups is 8. The second-order valence-electron chi connectivity index (χ2n) is 12.3. The second kappa shape index (κ2) is 26.6. The van der Waals surface area contributed by atoms with E-state index in [1.165, 1.54) is 11.8 Å². The third kappa shape index (κ3) is 18.2. The predicted octanol–water partition coefficient (Wildman–Crippen LogP) is -0.362. The summed E-state index contributed by atoms with van der Waals surface area (Å²) in [5.41, 5.74) is 0. The van der Waals surface area contributed by atoms with Crippen LogP contribution in [0.5, 0.6) is 0 Å². The number of thiol groups is 1. The first-order valence-corrected chi connectivity index (χ1v) is 19.8. The molecule has 0 aromatic carbocycles. The van der Waals surface area contributed by atoms with Crippen LogP contribution in [0.3, 0.4) is 0 Å². The number of imide groups is 2. The number of Topliss-reactive ketones (excluding diaryl/α,β-unsaturated/α-hetero) is 1. The van der Waals surface area contributed by atoms with Gasteiger partial charge in [0.1, 0.15) is 0 Å². The number of thioether (sulfide) groups is 1. The van der Waals surface area contributed by atoms with Gasteiger partial charge in [-0.3, -0.25) is 48.2 Å². The van der Waals surface area contributed by atoms with Gasteiger partial charge in [0.2, 0.25) is 41.4 Å². The van der Waals surface area contributed by atoms with E-state index in [0.717, 1.165) is 9.80 Å². The molecule has 2 saturated heterocycles. The van der Waals surface area contributed by atoms with Crippen LogP contribution in [0.15, 0.2) is 0 Å². The normalized spacial score (nSPS) is 17.8. The number of carbonyl (C=O) groups excluding carboxylic acids is 8. The van der Waals surface area contributed by atoms with Gasteiger partial charge >= 0.3 is 0 Å². The number of ketones is 1. The Morgan fingerprint density at radius 3 is 1.85 bits per heavy atom. The van der Waals surface area contributed by atoms with Gasteiger partial charge < -0.3 is 34.9 Å². The number of hydrogen-bond acceptors (Lipinski definition) is 14. The molecule has 0 aromatic heterocycles. The van der Waals surface area contributed by atoms with Crippen molar-refractivity contribution in [2.24, 2.45) is 0 Å². The molecule has 0 aromatic rings. The van der Waals surface area contributed by atoms with Gasteiger partial charge in [-0.05, 0) is 31.9 Å². The summed E-state index contributed by atoms with van der Waals surface area (Å²) >= 11 is 5.36. The fourth-order valence-corrected chi connectivity index (χ4v) is 6.28. The fraction of sp³-hybridized carbons (Fsp3) is 0.765. The molecule has 0 radical (unpaired) electrons. The van der Waals surface area contributed by atoms with Crippen LogP contribution in [0.1, 0.15) is 64.2 Å². The molecule has 0 aliphatic carbocycles. The maximum atomic E-state index is 13.2. The smallest absolute Gasteiger partial charge is 0.242 e. The maximum Gasteiger partial charge on any atom is 0.242 e. The maximum absolute atomic E-state index is 13.2. The van der Waals surface area contributed by atoms with Gasteiger partial charge in [0.15, 0.2) is 5.78 Å². The lowest BCUT2D eigenvalue weighted by atomic mass is 10.0. The van der Waals surface area contributed by atoms with E-state index in [4.69, 9.17) is 18.9 Å². The van der Waals surface area contributed by atoms with Crippen molar-refractivity contribution >= 4 is 71.5 Å². The van der Waals surface area contributed by atoms with E-state index >= 15 is 0 Å². The Kier molecular flexibility index (Phi) is 23.1. The second-order valence-corrected chi connectivity index (χ2v) is 14.0. The van der Waals surface area contributed by atoms with Crippen LogP contribution < -0.4 is 16.0 Å². The van der Waals surface area contributed by atoms with Crippen molar-refractivity contribution < 1.29 is 57.3 Å². The molecule has 2 fully saturated rings. The van der Waals surface area contributed by atoms with Crippen LogP contribution in [0.25, 0.3) is 0 Å². The first kappa shape index (κ1) is 46.1. The number of rotatable bonds is 30. The molecule has 19 heteroatoms. The van der Waals surface area contributed by atoms with E-state index in [-0.39, 0.29) is 80.5 Å². The zero-order valence-electron chi connectivity index (χ0n) is 30.7. The molecular weight excluding hydrogens is 735 g/mol. The Bertz CT molecular complexity index is 1240. The molecule has 3 N–H and O–H groups in total. The summed E-state index contributed by atoms with van der Waals surface area (Å²) in [6, 6.07) is -0.798. The largest absolute Gasteiger partial charge is 0.379 e. The minimum absolute atomic E-state index is 0.0122. The van der Waals surface area contributed by atoms with Crippen molar-refractivity contribution in [3.05, 3.63) is 0 Å². The van der Waals surface area contributed by atoms with E-state index in [2.05, 4.69) is 28.6 Å². The van der Waals surface area contributed by atoms with Gasteiger partial charge in [0.05, 0.1) is 62.8 Å². The third-order valence-corrected chi connectivity index (χ3v) is 9.72. The molecule has 7 amide bonds. The van der Waals surface area contributed by atoms with Crippen LogP contribution in [0, 0.1) is 0 Å². The highest BCUT2D eigenvalue weighted by Crippen LogP contribution is 2.23. The monoisotopic (exact) mass is 789 g/mol. The van der Waals surface area contributed by atoms with Gasteiger partial charge in [-0.2, -0.15) is 24.4 Å². The van der Waals surface area contributed by atoms with Gasteiger partial charge in [0.25, 0.3) is 0 Å². The third-order valence-electron chi connectivity index (χ3n) is 8.38. The summed E-state index contributed by atoms with van der Waals surface area (Å²) in [5, 5.41) is 6.91. The van der Waals surface area contributed by atoms with Gasteiger partial charge in [0, 0.05) is 71.8 Å². The number of unbranched alkanes of at least 4 members (excludes halogenated alkanes) is 1. The van der Waals surface area contributed by atoms with Crippen molar-refractivity contribution in [1.29, 1.82) is 0 Å². The summed E-state index contributed by atoms with van der Waals surface area (Å²) in [6.45, 7) is 3.08. The van der Waals surface area contributed by atoms with Crippen molar-refractivity contribution in [2.75, 3.05) is 85.8 Å². The van der Waals surface area contributed by atoms with E-state index in [1.807, 2.05) is 0 Å². The van der Waals surface area contributed by atoms with E-state index in [9.17, 15) is 38.4 Å². The molecule has 2 aliphatic heterocycles. The van der Waals surface area contributed by atoms with Gasteiger partial charge in [-0.1, -0.05) is 0 Å². The average Bonchev–Trinajstić information content (AvgIpc) is 3.56. The number of hydrogen-bond donors (Lipinski definition) is 4. The summed E-state index contributed by atoms with van der Waals surface area (Å²) < 4.78 is 21.7. The number of nitrogens with one attached hydrogen (secondary N) is 3. The first-order chi connectivity index (χ1) is 25.5. The van der Waals surface area contributed by atoms with E-state index in [1.54, 1.807) is 13.3 Å². The molecule has 0 spiro atoms. The standard InChI is InChI=1S/C34H55N5O12S2/c1-35-28(41)10-15-49-17-19-51-21-20-50-18-16-48-14-5-7-25(40)24(37-30(43)9-13-39-32(45)23-27(53-2)34(39)47)6-3-4-11-36-29(42)8-12-38-31(44)22-26(52)33(38)46/h24,26-27,52H,3-23H2,1-2H3,(H,35,41)(H,36,42)(H,37,43). The average molecular weight is 790 g/mol. The molecule has 2 rings (SSSR count). The SMILES string of the molecule is CNC(=O)CCOCCOCCOCCOCCCC(=O)C(CCCCNC(=O)CCN1C(=O)CC(S)C1=O)NC(=O)CCN1C(=O)CC(SC)C1=O. The molecule has 2 aliphatic rings. The summed E-state index contributed by atoms with van der Waals surface area (Å²) in [4.78, 5) is 100. The number of ether oxygens (including phenoxy) is 4. The van der Waals surface area contributed by atoms with Crippen LogP contribution in [-0.4, -0.2) is 159 Å². The van der Waals surface area contributed by atoms with Crippen molar-refractivity contribution in [3.63, 3.8) is 0 Å². The molecule has 3 atom stereocenters. The quantitative estimate of drug-likeness (QED) is 0.0416. The summed E-state index contributed by atoms with van der Waals surface area (Å²) in [6.07, 6.45) is 3.92.